The Labute approximate surface area is 128 Å². The molecule has 0 aliphatic heterocycles. The van der Waals surface area contributed by atoms with E-state index in [1.807, 2.05) is 0 Å². The van der Waals surface area contributed by atoms with E-state index >= 15 is 0 Å². The number of fused-ring (bicyclic) bond motifs is 1. The highest BCUT2D eigenvalue weighted by molar-refractivity contribution is 5.89. The number of hydrogen-bond acceptors (Lipinski definition) is 7. The monoisotopic (exact) mass is 314 g/mol. The van der Waals surface area contributed by atoms with Gasteiger partial charge in [0.2, 0.25) is 0 Å². The van der Waals surface area contributed by atoms with Gasteiger partial charge < -0.3 is 15.5 Å². The highest BCUT2D eigenvalue weighted by Gasteiger charge is 2.13. The fourth-order valence-electron chi connectivity index (χ4n) is 1.95. The van der Waals surface area contributed by atoms with E-state index < -0.39 is 11.9 Å². The van der Waals surface area contributed by atoms with Gasteiger partial charge in [0.1, 0.15) is 18.7 Å². The molecule has 3 aromatic rings. The van der Waals surface area contributed by atoms with Crippen molar-refractivity contribution in [2.45, 2.75) is 0 Å². The normalized spacial score (nSPS) is 10.6. The van der Waals surface area contributed by atoms with E-state index in [2.05, 4.69) is 25.4 Å². The Morgan fingerprint density at radius 1 is 1.13 bits per heavy atom. The van der Waals surface area contributed by atoms with E-state index in [9.17, 15) is 9.59 Å². The topological polar surface area (TPSA) is 143 Å². The second-order valence-electron chi connectivity index (χ2n) is 4.47. The zero-order valence-corrected chi connectivity index (χ0v) is 11.5. The van der Waals surface area contributed by atoms with Gasteiger partial charge in [0.25, 0.3) is 0 Å². The van der Waals surface area contributed by atoms with Crippen LogP contribution in [0.5, 0.6) is 0 Å². The summed E-state index contributed by atoms with van der Waals surface area (Å²) in [5, 5.41) is 24.9. The molecule has 0 unspecified atom stereocenters. The zero-order chi connectivity index (χ0) is 16.4. The second kappa shape index (κ2) is 5.67. The molecule has 0 aliphatic carbocycles. The third-order valence-corrected chi connectivity index (χ3v) is 2.98. The van der Waals surface area contributed by atoms with E-state index in [1.165, 1.54) is 35.5 Å². The predicted octanol–water partition coefficient (Wildman–Crippen LogP) is 0.405. The number of pyridine rings is 1. The molecule has 0 amide bonds. The number of aromatic nitrogens is 5. The van der Waals surface area contributed by atoms with Gasteiger partial charge in [-0.05, 0) is 12.1 Å². The Balaban J connectivity index is 2.00. The highest BCUT2D eigenvalue weighted by atomic mass is 16.4. The van der Waals surface area contributed by atoms with Gasteiger partial charge in [0, 0.05) is 6.20 Å². The molecule has 0 radical (unpaired) electrons. The molecule has 3 rings (SSSR count). The molecule has 3 N–H and O–H groups in total. The minimum atomic E-state index is -1.07. The number of aromatic carboxylic acids is 1. The van der Waals surface area contributed by atoms with Crippen LogP contribution >= 0.6 is 0 Å². The number of carbonyl (C=O) groups is 2. The molecule has 23 heavy (non-hydrogen) atoms. The van der Waals surface area contributed by atoms with Crippen molar-refractivity contribution in [3.63, 3.8) is 0 Å². The van der Waals surface area contributed by atoms with Gasteiger partial charge >= 0.3 is 11.9 Å². The van der Waals surface area contributed by atoms with E-state index in [0.717, 1.165) is 0 Å². The number of rotatable bonds is 5. The first-order chi connectivity index (χ1) is 11.1. The zero-order valence-electron chi connectivity index (χ0n) is 11.5. The van der Waals surface area contributed by atoms with Crippen LogP contribution in [0.15, 0.2) is 30.9 Å². The fourth-order valence-corrected chi connectivity index (χ4v) is 1.95. The van der Waals surface area contributed by atoms with Crippen LogP contribution in [0.1, 0.15) is 10.4 Å². The molecule has 3 aromatic heterocycles. The van der Waals surface area contributed by atoms with Crippen LogP contribution in [-0.4, -0.2) is 53.4 Å². The Morgan fingerprint density at radius 2 is 1.96 bits per heavy atom. The standard InChI is InChI=1S/C13H10N6O4/c20-10(21)5-15-11-8-4-18-19(12(8)17-6-16-11)9-2-1-7(3-14-9)13(22)23/h1-4,6H,5H2,(H,20,21)(H,22,23)(H,15,16,17). The summed E-state index contributed by atoms with van der Waals surface area (Å²) >= 11 is 0. The molecule has 116 valence electrons. The summed E-state index contributed by atoms with van der Waals surface area (Å²) in [7, 11) is 0. The average Bonchev–Trinajstić information content (AvgIpc) is 2.97. The van der Waals surface area contributed by atoms with E-state index in [1.54, 1.807) is 0 Å². The number of aliphatic carboxylic acids is 1. The Hall–Kier alpha value is -3.56. The van der Waals surface area contributed by atoms with Crippen LogP contribution in [0.2, 0.25) is 0 Å². The third kappa shape index (κ3) is 2.77. The molecule has 10 heteroatoms. The third-order valence-electron chi connectivity index (χ3n) is 2.98. The smallest absolute Gasteiger partial charge is 0.337 e. The van der Waals surface area contributed by atoms with E-state index in [-0.39, 0.29) is 12.1 Å². The summed E-state index contributed by atoms with van der Waals surface area (Å²) in [6, 6.07) is 2.91. The van der Waals surface area contributed by atoms with Crippen molar-refractivity contribution in [1.82, 2.24) is 24.7 Å². The summed E-state index contributed by atoms with van der Waals surface area (Å²) < 4.78 is 1.41. The summed E-state index contributed by atoms with van der Waals surface area (Å²) in [6.45, 7) is -0.289. The first-order valence-electron chi connectivity index (χ1n) is 6.40. The van der Waals surface area contributed by atoms with Gasteiger partial charge in [-0.3, -0.25) is 4.79 Å². The number of anilines is 1. The molecule has 0 saturated heterocycles. The van der Waals surface area contributed by atoms with E-state index in [0.29, 0.717) is 22.7 Å². The van der Waals surface area contributed by atoms with Crippen LogP contribution in [-0.2, 0) is 4.79 Å². The molecular formula is C13H10N6O4. The Morgan fingerprint density at radius 3 is 2.61 bits per heavy atom. The highest BCUT2D eigenvalue weighted by Crippen LogP contribution is 2.20. The van der Waals surface area contributed by atoms with Gasteiger partial charge in [-0.25, -0.2) is 19.7 Å². The lowest BCUT2D eigenvalue weighted by molar-refractivity contribution is -0.134. The lowest BCUT2D eigenvalue weighted by Crippen LogP contribution is -2.13. The molecular weight excluding hydrogens is 304 g/mol. The summed E-state index contributed by atoms with van der Waals surface area (Å²) in [5.41, 5.74) is 0.479. The van der Waals surface area contributed by atoms with Crippen molar-refractivity contribution >= 4 is 28.8 Å². The number of nitrogens with zero attached hydrogens (tertiary/aromatic N) is 5. The van der Waals surface area contributed by atoms with Gasteiger partial charge in [0.15, 0.2) is 11.5 Å². The number of carboxylic acid groups (broad SMARTS) is 2. The molecule has 0 bridgehead atoms. The van der Waals surface area contributed by atoms with Gasteiger partial charge in [-0.15, -0.1) is 0 Å². The van der Waals surface area contributed by atoms with Crippen LogP contribution in [0.4, 0.5) is 5.82 Å². The molecule has 0 spiro atoms. The largest absolute Gasteiger partial charge is 0.480 e. The first kappa shape index (κ1) is 14.4. The molecule has 0 aliphatic rings. The maximum Gasteiger partial charge on any atom is 0.337 e. The van der Waals surface area contributed by atoms with Gasteiger partial charge in [0.05, 0.1) is 17.1 Å². The van der Waals surface area contributed by atoms with Crippen LogP contribution in [0.3, 0.4) is 0 Å². The minimum Gasteiger partial charge on any atom is -0.480 e. The lowest BCUT2D eigenvalue weighted by Gasteiger charge is -2.04. The van der Waals surface area contributed by atoms with Crippen molar-refractivity contribution in [3.8, 4) is 5.82 Å². The van der Waals surface area contributed by atoms with Crippen LogP contribution in [0.25, 0.3) is 16.9 Å². The molecule has 0 fully saturated rings. The number of nitrogens with one attached hydrogen (secondary N) is 1. The molecule has 0 aromatic carbocycles. The molecule has 0 atom stereocenters. The summed E-state index contributed by atoms with van der Waals surface area (Å²) in [6.07, 6.45) is 3.97. The second-order valence-corrected chi connectivity index (χ2v) is 4.47. The van der Waals surface area contributed by atoms with Gasteiger partial charge in [-0.1, -0.05) is 0 Å². The molecule has 3 heterocycles. The molecule has 10 nitrogen and oxygen atoms in total. The summed E-state index contributed by atoms with van der Waals surface area (Å²) in [4.78, 5) is 33.6. The fraction of sp³-hybridized carbons (Fsp3) is 0.0769. The first-order valence-corrected chi connectivity index (χ1v) is 6.40. The van der Waals surface area contributed by atoms with E-state index in [4.69, 9.17) is 10.2 Å². The van der Waals surface area contributed by atoms with Crippen LogP contribution in [0, 0.1) is 0 Å². The van der Waals surface area contributed by atoms with Crippen molar-refractivity contribution in [2.24, 2.45) is 0 Å². The van der Waals surface area contributed by atoms with Gasteiger partial charge in [-0.2, -0.15) is 9.78 Å². The lowest BCUT2D eigenvalue weighted by atomic mass is 10.3. The van der Waals surface area contributed by atoms with Crippen molar-refractivity contribution in [3.05, 3.63) is 36.4 Å². The average molecular weight is 314 g/mol. The Kier molecular flexibility index (Phi) is 3.55. The predicted molar refractivity (Wildman–Crippen MR) is 77.5 cm³/mol. The van der Waals surface area contributed by atoms with Crippen molar-refractivity contribution in [1.29, 1.82) is 0 Å². The number of carboxylic acids is 2. The summed E-state index contributed by atoms with van der Waals surface area (Å²) in [5.74, 6) is -1.37. The van der Waals surface area contributed by atoms with Crippen LogP contribution < -0.4 is 5.32 Å². The molecule has 0 saturated carbocycles. The number of hydrogen-bond donors (Lipinski definition) is 3. The Bertz CT molecular complexity index is 889. The van der Waals surface area contributed by atoms with Crippen molar-refractivity contribution in [2.75, 3.05) is 11.9 Å². The SMILES string of the molecule is O=C(O)CNc1ncnc2c1cnn2-c1ccc(C(=O)O)cn1. The maximum atomic E-state index is 10.8. The maximum absolute atomic E-state index is 10.8. The minimum absolute atomic E-state index is 0.0589. The van der Waals surface area contributed by atoms with Crippen molar-refractivity contribution < 1.29 is 19.8 Å². The quantitative estimate of drug-likeness (QED) is 0.609.